The normalized spacial score (nSPS) is 13.4. The van der Waals surface area contributed by atoms with Crippen LogP contribution >= 0.6 is 0 Å². The smallest absolute Gasteiger partial charge is 0.382 e. The van der Waals surface area contributed by atoms with Crippen LogP contribution in [0.5, 0.6) is 0 Å². The van der Waals surface area contributed by atoms with Crippen molar-refractivity contribution in [3.8, 4) is 0 Å². The quantitative estimate of drug-likeness (QED) is 0.884. The van der Waals surface area contributed by atoms with E-state index in [0.717, 1.165) is 0 Å². The van der Waals surface area contributed by atoms with Crippen molar-refractivity contribution < 1.29 is 22.7 Å². The molecule has 8 heteroatoms. The highest BCUT2D eigenvalue weighted by Gasteiger charge is 2.36. The summed E-state index contributed by atoms with van der Waals surface area (Å²) in [5, 5.41) is 17.5. The summed E-state index contributed by atoms with van der Waals surface area (Å²) < 4.78 is 53.4. The first kappa shape index (κ1) is 15.4. The Balaban J connectivity index is 2.49. The number of aliphatic hydroxyl groups is 1. The van der Waals surface area contributed by atoms with Crippen molar-refractivity contribution in [2.75, 3.05) is 0 Å². The van der Waals surface area contributed by atoms with Crippen LogP contribution in [0.4, 0.5) is 17.6 Å². The van der Waals surface area contributed by atoms with E-state index in [1.54, 1.807) is 0 Å². The van der Waals surface area contributed by atoms with Gasteiger partial charge in [-0.15, -0.1) is 5.10 Å². The van der Waals surface area contributed by atoms with Crippen molar-refractivity contribution in [1.82, 2.24) is 15.0 Å². The fraction of sp³-hybridized carbons (Fsp3) is 0.385. The molecule has 114 valence electrons. The molecule has 2 rings (SSSR count). The second-order valence-corrected chi connectivity index (χ2v) is 4.51. The number of hydrogen-bond acceptors (Lipinski definition) is 3. The van der Waals surface area contributed by atoms with Crippen LogP contribution in [0.1, 0.15) is 36.3 Å². The van der Waals surface area contributed by atoms with Crippen LogP contribution in [-0.4, -0.2) is 20.1 Å². The Bertz CT molecular complexity index is 624. The van der Waals surface area contributed by atoms with Gasteiger partial charge in [-0.2, -0.15) is 13.2 Å². The van der Waals surface area contributed by atoms with Crippen LogP contribution in [0.15, 0.2) is 24.4 Å². The van der Waals surface area contributed by atoms with Crippen molar-refractivity contribution >= 4 is 0 Å². The molecule has 0 saturated carbocycles. The van der Waals surface area contributed by atoms with Gasteiger partial charge in [0, 0.05) is 12.1 Å². The molecule has 21 heavy (non-hydrogen) atoms. The summed E-state index contributed by atoms with van der Waals surface area (Å²) in [7, 11) is 0. The summed E-state index contributed by atoms with van der Waals surface area (Å²) in [6.07, 6.45) is -4.50. The van der Waals surface area contributed by atoms with Crippen LogP contribution in [-0.2, 0) is 12.7 Å². The molecule has 1 N–H and O–H groups in total. The Kier molecular flexibility index (Phi) is 4.26. The maximum atomic E-state index is 13.3. The molecule has 1 unspecified atom stereocenters. The SMILES string of the molecule is CCCn1nncc1C(O)c1cc(F)ccc1C(F)(F)F. The number of aromatic nitrogens is 3. The third kappa shape index (κ3) is 3.21. The van der Waals surface area contributed by atoms with E-state index >= 15 is 0 Å². The zero-order valence-electron chi connectivity index (χ0n) is 11.1. The fourth-order valence-corrected chi connectivity index (χ4v) is 2.04. The maximum absolute atomic E-state index is 13.3. The van der Waals surface area contributed by atoms with Crippen molar-refractivity contribution in [1.29, 1.82) is 0 Å². The Hall–Kier alpha value is -1.96. The number of alkyl halides is 3. The first-order chi connectivity index (χ1) is 9.84. The van der Waals surface area contributed by atoms with E-state index in [-0.39, 0.29) is 5.69 Å². The number of nitrogens with zero attached hydrogens (tertiary/aromatic N) is 3. The van der Waals surface area contributed by atoms with Crippen LogP contribution < -0.4 is 0 Å². The zero-order valence-corrected chi connectivity index (χ0v) is 11.1. The Morgan fingerprint density at radius 3 is 2.67 bits per heavy atom. The third-order valence-corrected chi connectivity index (χ3v) is 2.98. The standard InChI is InChI=1S/C13H13F4N3O/c1-2-5-20-11(7-18-19-20)12(21)9-6-8(14)3-4-10(9)13(15,16)17/h3-4,6-7,12,21H,2,5H2,1H3. The maximum Gasteiger partial charge on any atom is 0.416 e. The number of aryl methyl sites for hydroxylation is 1. The summed E-state index contributed by atoms with van der Waals surface area (Å²) in [5.41, 5.74) is -1.55. The minimum Gasteiger partial charge on any atom is -0.382 e. The topological polar surface area (TPSA) is 50.9 Å². The van der Waals surface area contributed by atoms with Gasteiger partial charge >= 0.3 is 6.18 Å². The molecule has 1 aromatic carbocycles. The molecule has 2 aromatic rings. The van der Waals surface area contributed by atoms with E-state index in [0.29, 0.717) is 31.2 Å². The molecule has 0 aliphatic carbocycles. The van der Waals surface area contributed by atoms with Gasteiger partial charge in [0.05, 0.1) is 17.5 Å². The van der Waals surface area contributed by atoms with Crippen molar-refractivity contribution in [3.63, 3.8) is 0 Å². The monoisotopic (exact) mass is 303 g/mol. The molecule has 0 radical (unpaired) electrons. The predicted molar refractivity (Wildman–Crippen MR) is 65.8 cm³/mol. The van der Waals surface area contributed by atoms with Crippen molar-refractivity contribution in [2.24, 2.45) is 0 Å². The van der Waals surface area contributed by atoms with E-state index < -0.39 is 29.2 Å². The van der Waals surface area contributed by atoms with E-state index in [9.17, 15) is 22.7 Å². The second kappa shape index (κ2) is 5.80. The summed E-state index contributed by atoms with van der Waals surface area (Å²) >= 11 is 0. The van der Waals surface area contributed by atoms with Gasteiger partial charge in [-0.05, 0) is 24.6 Å². The minimum absolute atomic E-state index is 0.0907. The third-order valence-electron chi connectivity index (χ3n) is 2.98. The lowest BCUT2D eigenvalue weighted by molar-refractivity contribution is -0.139. The van der Waals surface area contributed by atoms with Gasteiger partial charge in [-0.3, -0.25) is 0 Å². The molecule has 1 atom stereocenters. The average Bonchev–Trinajstić information content (AvgIpc) is 2.85. The number of benzene rings is 1. The summed E-state index contributed by atoms with van der Waals surface area (Å²) in [4.78, 5) is 0. The number of halogens is 4. The molecule has 1 heterocycles. The first-order valence-electron chi connectivity index (χ1n) is 6.27. The molecule has 0 saturated heterocycles. The highest BCUT2D eigenvalue weighted by atomic mass is 19.4. The summed E-state index contributed by atoms with van der Waals surface area (Å²) in [6.45, 7) is 2.24. The van der Waals surface area contributed by atoms with Crippen LogP contribution in [0.3, 0.4) is 0 Å². The first-order valence-corrected chi connectivity index (χ1v) is 6.27. The number of aliphatic hydroxyl groups excluding tert-OH is 1. The van der Waals surface area contributed by atoms with Crippen LogP contribution in [0.25, 0.3) is 0 Å². The van der Waals surface area contributed by atoms with E-state index in [2.05, 4.69) is 10.3 Å². The van der Waals surface area contributed by atoms with E-state index in [4.69, 9.17) is 0 Å². The molecular weight excluding hydrogens is 290 g/mol. The molecule has 1 aromatic heterocycles. The number of rotatable bonds is 4. The Morgan fingerprint density at radius 1 is 1.33 bits per heavy atom. The zero-order chi connectivity index (χ0) is 15.6. The van der Waals surface area contributed by atoms with Crippen molar-refractivity contribution in [3.05, 3.63) is 47.0 Å². The number of hydrogen-bond donors (Lipinski definition) is 1. The molecule has 0 spiro atoms. The molecule has 0 aliphatic heterocycles. The van der Waals surface area contributed by atoms with Gasteiger partial charge in [0.1, 0.15) is 11.9 Å². The van der Waals surface area contributed by atoms with Crippen molar-refractivity contribution in [2.45, 2.75) is 32.2 Å². The summed E-state index contributed by atoms with van der Waals surface area (Å²) in [6, 6.07) is 2.00. The van der Waals surface area contributed by atoms with Gasteiger partial charge < -0.3 is 5.11 Å². The highest BCUT2D eigenvalue weighted by molar-refractivity contribution is 5.35. The summed E-state index contributed by atoms with van der Waals surface area (Å²) in [5.74, 6) is -0.855. The van der Waals surface area contributed by atoms with Gasteiger partial charge in [0.25, 0.3) is 0 Å². The lowest BCUT2D eigenvalue weighted by atomic mass is 9.99. The Labute approximate surface area is 118 Å². The van der Waals surface area contributed by atoms with Gasteiger partial charge in [0.2, 0.25) is 0 Å². The molecule has 0 amide bonds. The van der Waals surface area contributed by atoms with Gasteiger partial charge in [0.15, 0.2) is 0 Å². The lowest BCUT2D eigenvalue weighted by Crippen LogP contribution is -2.16. The fourth-order valence-electron chi connectivity index (χ4n) is 2.04. The van der Waals surface area contributed by atoms with E-state index in [1.807, 2.05) is 6.92 Å². The molecule has 0 aliphatic rings. The van der Waals surface area contributed by atoms with Gasteiger partial charge in [-0.1, -0.05) is 12.1 Å². The highest BCUT2D eigenvalue weighted by Crippen LogP contribution is 2.36. The molecular formula is C13H13F4N3O. The lowest BCUT2D eigenvalue weighted by Gasteiger charge is -2.18. The van der Waals surface area contributed by atoms with Crippen LogP contribution in [0.2, 0.25) is 0 Å². The van der Waals surface area contributed by atoms with Gasteiger partial charge in [-0.25, -0.2) is 9.07 Å². The molecule has 4 nitrogen and oxygen atoms in total. The van der Waals surface area contributed by atoms with E-state index in [1.165, 1.54) is 10.9 Å². The largest absolute Gasteiger partial charge is 0.416 e. The second-order valence-electron chi connectivity index (χ2n) is 4.51. The minimum atomic E-state index is -4.69. The molecule has 0 fully saturated rings. The predicted octanol–water partition coefficient (Wildman–Crippen LogP) is 2.93. The average molecular weight is 303 g/mol. The Morgan fingerprint density at radius 2 is 2.05 bits per heavy atom. The van der Waals surface area contributed by atoms with Crippen LogP contribution in [0, 0.1) is 5.82 Å². The molecule has 0 bridgehead atoms.